The standard InChI is InChI=1S/C22H28N2O3/c1-4-17(18-8-6-5-7-9-18)15-23-22(26)14-21(24-16(2)25)19-10-12-20(27-3)13-11-19/h5-13,17,21H,4,14-15H2,1-3H3,(H,23,26)(H,24,25). The molecule has 0 fully saturated rings. The van der Waals surface area contributed by atoms with Gasteiger partial charge in [-0.05, 0) is 29.7 Å². The second-order valence-corrected chi connectivity index (χ2v) is 6.55. The lowest BCUT2D eigenvalue weighted by Crippen LogP contribution is -2.34. The highest BCUT2D eigenvalue weighted by Gasteiger charge is 2.18. The van der Waals surface area contributed by atoms with Gasteiger partial charge in [-0.1, -0.05) is 49.4 Å². The minimum absolute atomic E-state index is 0.0843. The van der Waals surface area contributed by atoms with Gasteiger partial charge in [-0.25, -0.2) is 0 Å². The smallest absolute Gasteiger partial charge is 0.222 e. The Hall–Kier alpha value is -2.82. The Bertz CT molecular complexity index is 729. The first-order valence-corrected chi connectivity index (χ1v) is 9.26. The molecule has 0 saturated heterocycles. The van der Waals surface area contributed by atoms with Gasteiger partial charge in [0.2, 0.25) is 11.8 Å². The van der Waals surface area contributed by atoms with Crippen molar-refractivity contribution in [1.29, 1.82) is 0 Å². The van der Waals surface area contributed by atoms with Gasteiger partial charge in [-0.15, -0.1) is 0 Å². The summed E-state index contributed by atoms with van der Waals surface area (Å²) in [5.41, 5.74) is 2.09. The van der Waals surface area contributed by atoms with Gasteiger partial charge in [0.05, 0.1) is 19.6 Å². The number of nitrogens with one attached hydrogen (secondary N) is 2. The van der Waals surface area contributed by atoms with Gasteiger partial charge in [-0.2, -0.15) is 0 Å². The highest BCUT2D eigenvalue weighted by Crippen LogP contribution is 2.21. The quantitative estimate of drug-likeness (QED) is 0.711. The molecule has 5 heteroatoms. The SMILES string of the molecule is CCC(CNC(=O)CC(NC(C)=O)c1ccc(OC)cc1)c1ccccc1. The van der Waals surface area contributed by atoms with Crippen LogP contribution in [-0.2, 0) is 9.59 Å². The van der Waals surface area contributed by atoms with Crippen molar-refractivity contribution in [2.24, 2.45) is 0 Å². The van der Waals surface area contributed by atoms with Gasteiger partial charge in [0.25, 0.3) is 0 Å². The summed E-state index contributed by atoms with van der Waals surface area (Å²) < 4.78 is 5.16. The van der Waals surface area contributed by atoms with Gasteiger partial charge in [0.1, 0.15) is 5.75 Å². The number of carbonyl (C=O) groups excluding carboxylic acids is 2. The fourth-order valence-corrected chi connectivity index (χ4v) is 3.05. The molecule has 5 nitrogen and oxygen atoms in total. The Balaban J connectivity index is 1.99. The van der Waals surface area contributed by atoms with Crippen molar-refractivity contribution in [3.63, 3.8) is 0 Å². The summed E-state index contributed by atoms with van der Waals surface area (Å²) >= 11 is 0. The Kier molecular flexibility index (Phi) is 7.86. The molecule has 0 radical (unpaired) electrons. The van der Waals surface area contributed by atoms with Gasteiger partial charge in [-0.3, -0.25) is 9.59 Å². The lowest BCUT2D eigenvalue weighted by atomic mass is 9.96. The minimum Gasteiger partial charge on any atom is -0.497 e. The van der Waals surface area contributed by atoms with E-state index in [9.17, 15) is 9.59 Å². The maximum atomic E-state index is 12.5. The van der Waals surface area contributed by atoms with Crippen LogP contribution >= 0.6 is 0 Å². The highest BCUT2D eigenvalue weighted by molar-refractivity contribution is 5.79. The second-order valence-electron chi connectivity index (χ2n) is 6.55. The third-order valence-electron chi connectivity index (χ3n) is 4.59. The van der Waals surface area contributed by atoms with Crippen molar-refractivity contribution in [1.82, 2.24) is 10.6 Å². The van der Waals surface area contributed by atoms with Crippen molar-refractivity contribution < 1.29 is 14.3 Å². The van der Waals surface area contributed by atoms with E-state index in [1.54, 1.807) is 7.11 Å². The third kappa shape index (κ3) is 6.44. The topological polar surface area (TPSA) is 67.4 Å². The molecular formula is C22H28N2O3. The molecule has 2 N–H and O–H groups in total. The fraction of sp³-hybridized carbons (Fsp3) is 0.364. The summed E-state index contributed by atoms with van der Waals surface area (Å²) in [4.78, 5) is 24.1. The Morgan fingerprint density at radius 3 is 2.22 bits per heavy atom. The van der Waals surface area contributed by atoms with Crippen LogP contribution in [0.2, 0.25) is 0 Å². The van der Waals surface area contributed by atoms with E-state index in [-0.39, 0.29) is 30.2 Å². The third-order valence-corrected chi connectivity index (χ3v) is 4.59. The predicted octanol–water partition coefficient (Wildman–Crippen LogP) is 3.57. The van der Waals surface area contributed by atoms with Gasteiger partial charge in [0.15, 0.2) is 0 Å². The van der Waals surface area contributed by atoms with E-state index in [1.165, 1.54) is 12.5 Å². The largest absolute Gasteiger partial charge is 0.497 e. The zero-order chi connectivity index (χ0) is 19.6. The van der Waals surface area contributed by atoms with Crippen LogP contribution in [0.1, 0.15) is 49.8 Å². The number of amides is 2. The van der Waals surface area contributed by atoms with E-state index in [4.69, 9.17) is 4.74 Å². The van der Waals surface area contributed by atoms with Crippen molar-refractivity contribution in [3.8, 4) is 5.75 Å². The maximum Gasteiger partial charge on any atom is 0.222 e. The monoisotopic (exact) mass is 368 g/mol. The van der Waals surface area contributed by atoms with Crippen LogP contribution in [-0.4, -0.2) is 25.5 Å². The van der Waals surface area contributed by atoms with Crippen molar-refractivity contribution in [2.45, 2.75) is 38.6 Å². The number of rotatable bonds is 9. The first-order valence-electron chi connectivity index (χ1n) is 9.26. The average Bonchev–Trinajstić information content (AvgIpc) is 2.68. The van der Waals surface area contributed by atoms with E-state index in [2.05, 4.69) is 29.7 Å². The molecule has 144 valence electrons. The lowest BCUT2D eigenvalue weighted by Gasteiger charge is -2.20. The number of benzene rings is 2. The Labute approximate surface area is 161 Å². The van der Waals surface area contributed by atoms with Crippen LogP contribution in [0.4, 0.5) is 0 Å². The van der Waals surface area contributed by atoms with Crippen molar-refractivity contribution >= 4 is 11.8 Å². The summed E-state index contributed by atoms with van der Waals surface area (Å²) in [5.74, 6) is 0.757. The van der Waals surface area contributed by atoms with E-state index in [0.29, 0.717) is 6.54 Å². The molecule has 0 aromatic heterocycles. The first-order chi connectivity index (χ1) is 13.0. The molecule has 0 heterocycles. The van der Waals surface area contributed by atoms with Crippen LogP contribution in [0.5, 0.6) is 5.75 Å². The van der Waals surface area contributed by atoms with Crippen LogP contribution < -0.4 is 15.4 Å². The molecular weight excluding hydrogens is 340 g/mol. The van der Waals surface area contributed by atoms with Gasteiger partial charge >= 0.3 is 0 Å². The number of ether oxygens (including phenoxy) is 1. The molecule has 0 bridgehead atoms. The predicted molar refractivity (Wildman–Crippen MR) is 107 cm³/mol. The summed E-state index contributed by atoms with van der Waals surface area (Å²) in [5, 5.41) is 5.87. The first kappa shape index (κ1) is 20.5. The molecule has 2 atom stereocenters. The summed E-state index contributed by atoms with van der Waals surface area (Å²) in [6, 6.07) is 17.2. The average molecular weight is 368 g/mol. The molecule has 2 rings (SSSR count). The van der Waals surface area contributed by atoms with Gasteiger partial charge < -0.3 is 15.4 Å². The fourth-order valence-electron chi connectivity index (χ4n) is 3.05. The zero-order valence-corrected chi connectivity index (χ0v) is 16.2. The van der Waals surface area contributed by atoms with Crippen LogP contribution in [0.3, 0.4) is 0 Å². The number of hydrogen-bond acceptors (Lipinski definition) is 3. The zero-order valence-electron chi connectivity index (χ0n) is 16.2. The molecule has 2 amide bonds. The molecule has 2 unspecified atom stereocenters. The van der Waals surface area contributed by atoms with Gasteiger partial charge in [0, 0.05) is 19.4 Å². The molecule has 0 spiro atoms. The Morgan fingerprint density at radius 2 is 1.67 bits per heavy atom. The molecule has 0 aliphatic rings. The summed E-state index contributed by atoms with van der Waals surface area (Å²) in [6.45, 7) is 4.15. The van der Waals surface area contributed by atoms with E-state index >= 15 is 0 Å². The van der Waals surface area contributed by atoms with Crippen LogP contribution in [0.15, 0.2) is 54.6 Å². The molecule has 0 saturated carbocycles. The van der Waals surface area contributed by atoms with Crippen LogP contribution in [0.25, 0.3) is 0 Å². The molecule has 2 aromatic rings. The molecule has 27 heavy (non-hydrogen) atoms. The highest BCUT2D eigenvalue weighted by atomic mass is 16.5. The number of methoxy groups -OCH3 is 1. The van der Waals surface area contributed by atoms with Crippen molar-refractivity contribution in [2.75, 3.05) is 13.7 Å². The second kappa shape index (κ2) is 10.4. The number of carbonyl (C=O) groups is 2. The van der Waals surface area contributed by atoms with E-state index < -0.39 is 0 Å². The van der Waals surface area contributed by atoms with Crippen molar-refractivity contribution in [3.05, 3.63) is 65.7 Å². The molecule has 0 aliphatic heterocycles. The maximum absolute atomic E-state index is 12.5. The van der Waals surface area contributed by atoms with E-state index in [0.717, 1.165) is 17.7 Å². The van der Waals surface area contributed by atoms with Crippen LogP contribution in [0, 0.1) is 0 Å². The summed E-state index contributed by atoms with van der Waals surface area (Å²) in [7, 11) is 1.60. The van der Waals surface area contributed by atoms with E-state index in [1.807, 2.05) is 42.5 Å². The molecule has 0 aliphatic carbocycles. The normalized spacial score (nSPS) is 12.7. The lowest BCUT2D eigenvalue weighted by molar-refractivity contribution is -0.122. The number of hydrogen-bond donors (Lipinski definition) is 2. The minimum atomic E-state index is -0.370. The Morgan fingerprint density at radius 1 is 1.00 bits per heavy atom. The summed E-state index contributed by atoms with van der Waals surface area (Å²) in [6.07, 6.45) is 1.13. The molecule has 2 aromatic carbocycles.